The van der Waals surface area contributed by atoms with Gasteiger partial charge in [-0.2, -0.15) is 0 Å². The van der Waals surface area contributed by atoms with Crippen LogP contribution < -0.4 is 4.90 Å². The molecule has 4 heteroatoms. The van der Waals surface area contributed by atoms with Gasteiger partial charge in [-0.05, 0) is 91.9 Å². The van der Waals surface area contributed by atoms with Gasteiger partial charge in [-0.15, -0.1) is 0 Å². The molecule has 0 aromatic heterocycles. The Labute approximate surface area is 198 Å². The lowest BCUT2D eigenvalue weighted by molar-refractivity contribution is -0.117. The molecule has 3 saturated carbocycles. The average molecular weight is 450 g/mol. The first-order chi connectivity index (χ1) is 15.8. The Balaban J connectivity index is 1.59. The van der Waals surface area contributed by atoms with Crippen LogP contribution in [0.15, 0.2) is 48.1 Å². The van der Waals surface area contributed by atoms with Crippen molar-refractivity contribution in [1.82, 2.24) is 0 Å². The maximum absolute atomic E-state index is 12.2. The molecule has 0 saturated heterocycles. The first-order valence-electron chi connectivity index (χ1n) is 12.8. The summed E-state index contributed by atoms with van der Waals surface area (Å²) in [6.45, 7) is 2.27. The molecule has 4 aliphatic rings. The van der Waals surface area contributed by atoms with Gasteiger partial charge in [-0.3, -0.25) is 4.79 Å². The Hall–Kier alpha value is -1.91. The van der Waals surface area contributed by atoms with E-state index in [2.05, 4.69) is 50.2 Å². The largest absolute Gasteiger partial charge is 0.392 e. The van der Waals surface area contributed by atoms with E-state index >= 15 is 0 Å². The number of anilines is 1. The minimum atomic E-state index is -0.869. The van der Waals surface area contributed by atoms with E-state index < -0.39 is 5.60 Å². The van der Waals surface area contributed by atoms with Gasteiger partial charge in [-0.25, -0.2) is 0 Å². The standard InChI is InChI=1S/C29H39NO3/c1-28-18-25(19-5-8-21(9-6-19)30(2)3)27-23-12-10-22(32)17-20(23)7-11-24(27)26(28)13-15-29(28,33)14-4-16-31/h4-6,8-9,14,17,23-27,31,33H,7,10-13,15-16,18H2,1-3H3/b14-4-/t23-,24-,25+,26-,27+,28-,29+/m0/s1. The summed E-state index contributed by atoms with van der Waals surface area (Å²) >= 11 is 0. The molecule has 4 aliphatic carbocycles. The lowest BCUT2D eigenvalue weighted by Crippen LogP contribution is -2.54. The third-order valence-electron chi connectivity index (χ3n) is 9.86. The van der Waals surface area contributed by atoms with Gasteiger partial charge in [0.15, 0.2) is 5.78 Å². The summed E-state index contributed by atoms with van der Waals surface area (Å²) in [7, 11) is 4.14. The van der Waals surface area contributed by atoms with E-state index in [0.29, 0.717) is 41.8 Å². The van der Waals surface area contributed by atoms with Crippen molar-refractivity contribution in [3.05, 3.63) is 53.6 Å². The summed E-state index contributed by atoms with van der Waals surface area (Å²) in [5.74, 6) is 2.73. The van der Waals surface area contributed by atoms with Gasteiger partial charge in [0.2, 0.25) is 0 Å². The van der Waals surface area contributed by atoms with Crippen LogP contribution in [0.5, 0.6) is 0 Å². The van der Waals surface area contributed by atoms with Gasteiger partial charge in [0, 0.05) is 31.6 Å². The van der Waals surface area contributed by atoms with Gasteiger partial charge >= 0.3 is 0 Å². The number of carbonyl (C=O) groups excluding carboxylic acids is 1. The van der Waals surface area contributed by atoms with Gasteiger partial charge < -0.3 is 15.1 Å². The van der Waals surface area contributed by atoms with Crippen LogP contribution in [-0.4, -0.2) is 42.3 Å². The molecular weight excluding hydrogens is 410 g/mol. The summed E-state index contributed by atoms with van der Waals surface area (Å²) in [5, 5.41) is 21.3. The van der Waals surface area contributed by atoms with Crippen LogP contribution in [0.25, 0.3) is 0 Å². The van der Waals surface area contributed by atoms with Crippen molar-refractivity contribution in [2.24, 2.45) is 29.1 Å². The number of aliphatic hydroxyl groups excluding tert-OH is 1. The highest BCUT2D eigenvalue weighted by Gasteiger charge is 2.63. The number of fused-ring (bicyclic) bond motifs is 5. The molecule has 0 spiro atoms. The molecule has 5 rings (SSSR count). The van der Waals surface area contributed by atoms with E-state index in [-0.39, 0.29) is 12.0 Å². The van der Waals surface area contributed by atoms with Crippen LogP contribution in [0.1, 0.15) is 63.4 Å². The van der Waals surface area contributed by atoms with Crippen LogP contribution in [-0.2, 0) is 4.79 Å². The van der Waals surface area contributed by atoms with E-state index in [4.69, 9.17) is 0 Å². The molecule has 4 nitrogen and oxygen atoms in total. The number of allylic oxidation sites excluding steroid dienone is 1. The summed E-state index contributed by atoms with van der Waals surface area (Å²) in [6, 6.07) is 9.03. The van der Waals surface area contributed by atoms with Crippen molar-refractivity contribution in [2.45, 2.75) is 63.4 Å². The normalized spacial score (nSPS) is 40.2. The third kappa shape index (κ3) is 3.61. The molecule has 3 fully saturated rings. The fourth-order valence-electron chi connectivity index (χ4n) is 8.23. The molecule has 0 heterocycles. The fourth-order valence-corrected chi connectivity index (χ4v) is 8.23. The van der Waals surface area contributed by atoms with E-state index in [0.717, 1.165) is 38.5 Å². The number of carbonyl (C=O) groups is 1. The van der Waals surface area contributed by atoms with E-state index in [9.17, 15) is 15.0 Å². The monoisotopic (exact) mass is 449 g/mol. The number of hydrogen-bond acceptors (Lipinski definition) is 4. The molecule has 1 aromatic rings. The number of aliphatic hydroxyl groups is 2. The molecule has 7 atom stereocenters. The molecule has 0 aliphatic heterocycles. The molecule has 1 aromatic carbocycles. The Morgan fingerprint density at radius 1 is 1.09 bits per heavy atom. The van der Waals surface area contributed by atoms with Crippen LogP contribution in [0.2, 0.25) is 0 Å². The maximum Gasteiger partial charge on any atom is 0.155 e. The summed E-state index contributed by atoms with van der Waals surface area (Å²) in [4.78, 5) is 14.3. The van der Waals surface area contributed by atoms with Crippen molar-refractivity contribution in [3.63, 3.8) is 0 Å². The highest BCUT2D eigenvalue weighted by Crippen LogP contribution is 2.68. The molecular formula is C29H39NO3. The minimum Gasteiger partial charge on any atom is -0.392 e. The first kappa shape index (κ1) is 22.9. The highest BCUT2D eigenvalue weighted by atomic mass is 16.3. The molecule has 33 heavy (non-hydrogen) atoms. The molecule has 178 valence electrons. The summed E-state index contributed by atoms with van der Waals surface area (Å²) < 4.78 is 0. The van der Waals surface area contributed by atoms with Crippen LogP contribution >= 0.6 is 0 Å². The van der Waals surface area contributed by atoms with Crippen molar-refractivity contribution in [3.8, 4) is 0 Å². The smallest absolute Gasteiger partial charge is 0.155 e. The number of ketones is 1. The minimum absolute atomic E-state index is 0.0329. The van der Waals surface area contributed by atoms with Gasteiger partial charge in [0.25, 0.3) is 0 Å². The summed E-state index contributed by atoms with van der Waals surface area (Å²) in [6.07, 6.45) is 12.2. The number of rotatable bonds is 4. The fraction of sp³-hybridized carbons (Fsp3) is 0.621. The predicted octanol–water partition coefficient (Wildman–Crippen LogP) is 4.87. The second-order valence-corrected chi connectivity index (χ2v) is 11.5. The van der Waals surface area contributed by atoms with Crippen LogP contribution in [0.3, 0.4) is 0 Å². The first-order valence-corrected chi connectivity index (χ1v) is 12.8. The average Bonchev–Trinajstić information content (AvgIpc) is 3.07. The zero-order valence-electron chi connectivity index (χ0n) is 20.3. The Morgan fingerprint density at radius 3 is 2.55 bits per heavy atom. The second kappa shape index (κ2) is 8.39. The van der Waals surface area contributed by atoms with Crippen molar-refractivity contribution < 1.29 is 15.0 Å². The number of benzene rings is 1. The second-order valence-electron chi connectivity index (χ2n) is 11.5. The predicted molar refractivity (Wildman–Crippen MR) is 132 cm³/mol. The maximum atomic E-state index is 12.2. The van der Waals surface area contributed by atoms with Gasteiger partial charge in [0.1, 0.15) is 0 Å². The van der Waals surface area contributed by atoms with E-state index in [1.807, 2.05) is 12.2 Å². The Kier molecular flexibility index (Phi) is 5.81. The topological polar surface area (TPSA) is 60.8 Å². The third-order valence-corrected chi connectivity index (χ3v) is 9.86. The molecule has 2 N–H and O–H groups in total. The highest BCUT2D eigenvalue weighted by molar-refractivity contribution is 5.91. The van der Waals surface area contributed by atoms with Crippen LogP contribution in [0.4, 0.5) is 5.69 Å². The number of hydrogen-bond donors (Lipinski definition) is 2. The van der Waals surface area contributed by atoms with Gasteiger partial charge in [0.05, 0.1) is 12.2 Å². The zero-order valence-corrected chi connectivity index (χ0v) is 20.3. The molecule has 0 unspecified atom stereocenters. The molecule has 0 amide bonds. The Morgan fingerprint density at radius 2 is 1.85 bits per heavy atom. The lowest BCUT2D eigenvalue weighted by atomic mass is 9.46. The molecule has 0 bridgehead atoms. The SMILES string of the molecule is CN(C)c1ccc([C@H]2C[C@@]3(C)[C@@H](CC[C@]3(O)/C=C\CO)[C@@H]3CCC4=CC(=O)CC[C@@H]4[C@H]32)cc1. The summed E-state index contributed by atoms with van der Waals surface area (Å²) in [5.41, 5.74) is 2.88. The quantitative estimate of drug-likeness (QED) is 0.644. The van der Waals surface area contributed by atoms with Crippen LogP contribution in [0, 0.1) is 29.1 Å². The Bertz CT molecular complexity index is 964. The number of nitrogens with zero attached hydrogens (tertiary/aromatic N) is 1. The zero-order chi connectivity index (χ0) is 23.4. The lowest BCUT2D eigenvalue weighted by Gasteiger charge is -2.58. The van der Waals surface area contributed by atoms with E-state index in [1.54, 1.807) is 6.08 Å². The molecule has 0 radical (unpaired) electrons. The van der Waals surface area contributed by atoms with Crippen molar-refractivity contribution in [1.29, 1.82) is 0 Å². The van der Waals surface area contributed by atoms with Crippen molar-refractivity contribution >= 4 is 11.5 Å². The van der Waals surface area contributed by atoms with E-state index in [1.165, 1.54) is 16.8 Å². The van der Waals surface area contributed by atoms with Gasteiger partial charge in [-0.1, -0.05) is 36.8 Å². The van der Waals surface area contributed by atoms with Crippen molar-refractivity contribution in [2.75, 3.05) is 25.6 Å².